The highest BCUT2D eigenvalue weighted by atomic mass is 16.5. The average molecular weight is 364 g/mol. The zero-order chi connectivity index (χ0) is 19.2. The number of esters is 1. The number of hydrogen-bond acceptors (Lipinski definition) is 5. The van der Waals surface area contributed by atoms with E-state index in [-0.39, 0.29) is 5.91 Å². The number of pyridine rings is 1. The molecule has 1 amide bonds. The van der Waals surface area contributed by atoms with Gasteiger partial charge in [-0.25, -0.2) is 4.79 Å². The van der Waals surface area contributed by atoms with E-state index in [1.807, 2.05) is 29.8 Å². The number of benzene rings is 1. The summed E-state index contributed by atoms with van der Waals surface area (Å²) in [5.74, 6) is -0.635. The first-order valence-corrected chi connectivity index (χ1v) is 8.50. The number of amides is 1. The van der Waals surface area contributed by atoms with Gasteiger partial charge < -0.3 is 10.1 Å². The van der Waals surface area contributed by atoms with E-state index >= 15 is 0 Å². The minimum absolute atomic E-state index is 0.205. The van der Waals surface area contributed by atoms with Gasteiger partial charge in [0.15, 0.2) is 0 Å². The van der Waals surface area contributed by atoms with Crippen LogP contribution in [0.15, 0.2) is 54.9 Å². The Labute approximate surface area is 157 Å². The molecule has 7 nitrogen and oxygen atoms in total. The molecular weight excluding hydrogens is 344 g/mol. The highest BCUT2D eigenvalue weighted by molar-refractivity contribution is 5.96. The lowest BCUT2D eigenvalue weighted by atomic mass is 10.1. The van der Waals surface area contributed by atoms with Crippen LogP contribution >= 0.6 is 0 Å². The fraction of sp³-hybridized carbons (Fsp3) is 0.200. The molecule has 27 heavy (non-hydrogen) atoms. The van der Waals surface area contributed by atoms with E-state index in [4.69, 9.17) is 0 Å². The zero-order valence-electron chi connectivity index (χ0n) is 15.2. The number of rotatable bonds is 6. The molecule has 0 bridgehead atoms. The van der Waals surface area contributed by atoms with Crippen molar-refractivity contribution < 1.29 is 14.3 Å². The van der Waals surface area contributed by atoms with Gasteiger partial charge in [-0.05, 0) is 49.4 Å². The van der Waals surface area contributed by atoms with Crippen molar-refractivity contribution in [2.45, 2.75) is 13.5 Å². The molecule has 0 aliphatic heterocycles. The van der Waals surface area contributed by atoms with Gasteiger partial charge in [0, 0.05) is 35.8 Å². The summed E-state index contributed by atoms with van der Waals surface area (Å²) in [7, 11) is 1.32. The quantitative estimate of drug-likeness (QED) is 0.679. The van der Waals surface area contributed by atoms with E-state index in [1.165, 1.54) is 7.11 Å². The number of hydrogen-bond donors (Lipinski definition) is 1. The Bertz CT molecular complexity index is 934. The topological polar surface area (TPSA) is 86.1 Å². The molecule has 0 saturated heterocycles. The largest absolute Gasteiger partial charge is 0.465 e. The Morgan fingerprint density at radius 1 is 1.15 bits per heavy atom. The maximum absolute atomic E-state index is 12.2. The summed E-state index contributed by atoms with van der Waals surface area (Å²) in [6.45, 7) is 2.96. The average Bonchev–Trinajstić information content (AvgIpc) is 3.08. The van der Waals surface area contributed by atoms with Crippen LogP contribution in [-0.4, -0.2) is 40.3 Å². The summed E-state index contributed by atoms with van der Waals surface area (Å²) in [5.41, 5.74) is 3.70. The minimum Gasteiger partial charge on any atom is -0.465 e. The minimum atomic E-state index is -0.430. The van der Waals surface area contributed by atoms with Crippen molar-refractivity contribution in [1.82, 2.24) is 20.1 Å². The Morgan fingerprint density at radius 2 is 1.89 bits per heavy atom. The van der Waals surface area contributed by atoms with Crippen LogP contribution in [0.1, 0.15) is 26.4 Å². The molecule has 0 saturated carbocycles. The molecule has 0 radical (unpaired) electrons. The van der Waals surface area contributed by atoms with Crippen molar-refractivity contribution in [3.63, 3.8) is 0 Å². The summed E-state index contributed by atoms with van der Waals surface area (Å²) in [5, 5.41) is 7.42. The van der Waals surface area contributed by atoms with Gasteiger partial charge in [0.2, 0.25) is 0 Å². The zero-order valence-corrected chi connectivity index (χ0v) is 15.2. The van der Waals surface area contributed by atoms with Crippen LogP contribution in [0.25, 0.3) is 11.3 Å². The van der Waals surface area contributed by atoms with Crippen LogP contribution in [0.3, 0.4) is 0 Å². The van der Waals surface area contributed by atoms with Crippen LogP contribution in [0.2, 0.25) is 0 Å². The molecule has 0 aliphatic rings. The first kappa shape index (κ1) is 18.3. The van der Waals surface area contributed by atoms with Crippen molar-refractivity contribution >= 4 is 11.9 Å². The number of aryl methyl sites for hydroxylation is 1. The lowest BCUT2D eigenvalue weighted by Crippen LogP contribution is -2.27. The second kappa shape index (κ2) is 8.27. The smallest absolute Gasteiger partial charge is 0.337 e. The van der Waals surface area contributed by atoms with E-state index in [1.54, 1.807) is 36.7 Å². The maximum atomic E-state index is 12.2. The highest BCUT2D eigenvalue weighted by Gasteiger charge is 2.10. The molecule has 0 atom stereocenters. The van der Waals surface area contributed by atoms with Gasteiger partial charge in [-0.1, -0.05) is 0 Å². The monoisotopic (exact) mass is 364 g/mol. The Balaban J connectivity index is 1.57. The third-order valence-electron chi connectivity index (χ3n) is 4.12. The number of carbonyl (C=O) groups is 2. The number of carbonyl (C=O) groups excluding carboxylic acids is 2. The molecule has 1 aromatic carbocycles. The maximum Gasteiger partial charge on any atom is 0.337 e. The van der Waals surface area contributed by atoms with Crippen LogP contribution in [0.5, 0.6) is 0 Å². The molecule has 2 aromatic heterocycles. The predicted molar refractivity (Wildman–Crippen MR) is 100 cm³/mol. The van der Waals surface area contributed by atoms with Gasteiger partial charge in [-0.2, -0.15) is 5.10 Å². The van der Waals surface area contributed by atoms with E-state index in [9.17, 15) is 9.59 Å². The third-order valence-corrected chi connectivity index (χ3v) is 4.12. The van der Waals surface area contributed by atoms with E-state index in [0.29, 0.717) is 24.2 Å². The lowest BCUT2D eigenvalue weighted by molar-refractivity contribution is 0.0600. The van der Waals surface area contributed by atoms with Gasteiger partial charge >= 0.3 is 5.97 Å². The Hall–Kier alpha value is -3.48. The van der Waals surface area contributed by atoms with E-state index in [2.05, 4.69) is 20.1 Å². The molecule has 0 unspecified atom stereocenters. The van der Waals surface area contributed by atoms with Crippen LogP contribution < -0.4 is 5.32 Å². The summed E-state index contributed by atoms with van der Waals surface area (Å²) in [6.07, 6.45) is 3.49. The molecular formula is C20H20N4O3. The van der Waals surface area contributed by atoms with Crippen LogP contribution in [-0.2, 0) is 11.3 Å². The third kappa shape index (κ3) is 4.38. The molecule has 0 fully saturated rings. The number of aromatic nitrogens is 3. The number of nitrogens with one attached hydrogen (secondary N) is 1. The van der Waals surface area contributed by atoms with Gasteiger partial charge in [0.05, 0.1) is 24.9 Å². The summed E-state index contributed by atoms with van der Waals surface area (Å²) < 4.78 is 6.49. The molecule has 1 N–H and O–H groups in total. The molecule has 0 spiro atoms. The van der Waals surface area contributed by atoms with Crippen LogP contribution in [0.4, 0.5) is 0 Å². The molecule has 7 heteroatoms. The second-order valence-corrected chi connectivity index (χ2v) is 5.96. The lowest BCUT2D eigenvalue weighted by Gasteiger charge is -2.07. The Kier molecular flexibility index (Phi) is 5.61. The number of methoxy groups -OCH3 is 1. The van der Waals surface area contributed by atoms with Crippen molar-refractivity contribution in [3.8, 4) is 11.3 Å². The van der Waals surface area contributed by atoms with Crippen molar-refractivity contribution in [2.24, 2.45) is 0 Å². The molecule has 3 rings (SSSR count). The van der Waals surface area contributed by atoms with Gasteiger partial charge in [-0.3, -0.25) is 14.5 Å². The normalized spacial score (nSPS) is 10.4. The predicted octanol–water partition coefficient (Wildman–Crippen LogP) is 2.47. The second-order valence-electron chi connectivity index (χ2n) is 5.96. The Morgan fingerprint density at radius 3 is 2.56 bits per heavy atom. The molecule has 138 valence electrons. The first-order chi connectivity index (χ1) is 13.1. The number of ether oxygens (including phenoxy) is 1. The fourth-order valence-electron chi connectivity index (χ4n) is 2.64. The van der Waals surface area contributed by atoms with Gasteiger partial charge in [-0.15, -0.1) is 0 Å². The van der Waals surface area contributed by atoms with Crippen molar-refractivity contribution in [3.05, 3.63) is 71.7 Å². The first-order valence-electron chi connectivity index (χ1n) is 8.50. The standard InChI is InChI=1S/C20H20N4O3/c1-14-12-18(17-4-3-9-21-13-17)23-24(14)11-10-22-19(25)15-5-7-16(8-6-15)20(26)27-2/h3-9,12-13H,10-11H2,1-2H3,(H,22,25). The van der Waals surface area contributed by atoms with Crippen molar-refractivity contribution in [1.29, 1.82) is 0 Å². The molecule has 0 aliphatic carbocycles. The molecule has 3 aromatic rings. The molecule has 2 heterocycles. The van der Waals surface area contributed by atoms with Gasteiger partial charge in [0.1, 0.15) is 0 Å². The summed E-state index contributed by atoms with van der Waals surface area (Å²) >= 11 is 0. The summed E-state index contributed by atoms with van der Waals surface area (Å²) in [6, 6.07) is 12.2. The summed E-state index contributed by atoms with van der Waals surface area (Å²) in [4.78, 5) is 27.8. The van der Waals surface area contributed by atoms with Crippen molar-refractivity contribution in [2.75, 3.05) is 13.7 Å². The fourth-order valence-corrected chi connectivity index (χ4v) is 2.64. The van der Waals surface area contributed by atoms with Gasteiger partial charge in [0.25, 0.3) is 5.91 Å². The SMILES string of the molecule is COC(=O)c1ccc(C(=O)NCCn2nc(-c3cccnc3)cc2C)cc1. The number of nitrogens with zero attached hydrogens (tertiary/aromatic N) is 3. The van der Waals surface area contributed by atoms with Crippen LogP contribution in [0, 0.1) is 6.92 Å². The van der Waals surface area contributed by atoms with E-state index < -0.39 is 5.97 Å². The highest BCUT2D eigenvalue weighted by Crippen LogP contribution is 2.17. The van der Waals surface area contributed by atoms with E-state index in [0.717, 1.165) is 17.0 Å².